The molecule has 0 saturated carbocycles. The van der Waals surface area contributed by atoms with E-state index in [9.17, 15) is 13.2 Å². The van der Waals surface area contributed by atoms with Crippen LogP contribution in [-0.2, 0) is 0 Å². The highest BCUT2D eigenvalue weighted by molar-refractivity contribution is 5.33. The zero-order chi connectivity index (χ0) is 7.78. The van der Waals surface area contributed by atoms with Gasteiger partial charge in [-0.1, -0.05) is 6.08 Å². The van der Waals surface area contributed by atoms with Gasteiger partial charge in [-0.3, -0.25) is 0 Å². The third-order valence-corrected chi connectivity index (χ3v) is 1.29. The zero-order valence-electron chi connectivity index (χ0n) is 5.37. The Morgan fingerprint density at radius 3 is 2.40 bits per heavy atom. The predicted molar refractivity (Wildman–Crippen MR) is 32.2 cm³/mol. The Morgan fingerprint density at radius 2 is 2.00 bits per heavy atom. The highest BCUT2D eigenvalue weighted by Gasteiger charge is 2.31. The van der Waals surface area contributed by atoms with Crippen molar-refractivity contribution in [3.63, 3.8) is 0 Å². The first kappa shape index (κ1) is 7.38. The molecular formula is C7H6F3. The molecular weight excluding hydrogens is 141 g/mol. The molecule has 0 aliphatic heterocycles. The summed E-state index contributed by atoms with van der Waals surface area (Å²) >= 11 is 0. The second kappa shape index (κ2) is 2.15. The van der Waals surface area contributed by atoms with Crippen LogP contribution in [0.15, 0.2) is 23.8 Å². The van der Waals surface area contributed by atoms with E-state index in [0.717, 1.165) is 25.5 Å². The maximum absolute atomic E-state index is 12.7. The molecule has 0 bridgehead atoms. The fourth-order valence-corrected chi connectivity index (χ4v) is 0.693. The quantitative estimate of drug-likeness (QED) is 0.494. The highest BCUT2D eigenvalue weighted by Crippen LogP contribution is 2.32. The van der Waals surface area contributed by atoms with Gasteiger partial charge in [0.1, 0.15) is 5.83 Å². The normalized spacial score (nSPS) is 33.2. The average molecular weight is 147 g/mol. The van der Waals surface area contributed by atoms with Crippen LogP contribution in [0.2, 0.25) is 0 Å². The van der Waals surface area contributed by atoms with E-state index in [-0.39, 0.29) is 0 Å². The Kier molecular flexibility index (Phi) is 1.58. The number of rotatable bonds is 0. The van der Waals surface area contributed by atoms with E-state index in [1.165, 1.54) is 0 Å². The van der Waals surface area contributed by atoms with Gasteiger partial charge in [0, 0.05) is 6.42 Å². The molecule has 1 unspecified atom stereocenters. The SMILES string of the molecule is CC1(F)C=C[CH]C(F)=C1F. The van der Waals surface area contributed by atoms with E-state index in [1.54, 1.807) is 0 Å². The smallest absolute Gasteiger partial charge is 0.180 e. The lowest BCUT2D eigenvalue weighted by Gasteiger charge is -2.16. The molecule has 0 aromatic rings. The summed E-state index contributed by atoms with van der Waals surface area (Å²) < 4.78 is 37.4. The number of alkyl halides is 1. The molecule has 0 aromatic carbocycles. The molecule has 0 heterocycles. The maximum atomic E-state index is 12.7. The Hall–Kier alpha value is -0.730. The van der Waals surface area contributed by atoms with E-state index in [0.29, 0.717) is 0 Å². The molecule has 0 nitrogen and oxygen atoms in total. The maximum Gasteiger partial charge on any atom is 0.180 e. The standard InChI is InChI=1S/C7H6F3/c1-7(10)4-2-3-5(8)6(7)9/h2-4H,1H3. The summed E-state index contributed by atoms with van der Waals surface area (Å²) in [4.78, 5) is 0. The molecule has 1 radical (unpaired) electrons. The fraction of sp³-hybridized carbons (Fsp3) is 0.286. The van der Waals surface area contributed by atoms with Gasteiger partial charge in [0.15, 0.2) is 11.5 Å². The lowest BCUT2D eigenvalue weighted by atomic mass is 10.0. The van der Waals surface area contributed by atoms with Crippen LogP contribution in [-0.4, -0.2) is 5.67 Å². The van der Waals surface area contributed by atoms with Crippen LogP contribution in [0.4, 0.5) is 13.2 Å². The highest BCUT2D eigenvalue weighted by atomic mass is 19.2. The molecule has 0 saturated heterocycles. The first-order valence-corrected chi connectivity index (χ1v) is 2.81. The van der Waals surface area contributed by atoms with Crippen LogP contribution in [0.25, 0.3) is 0 Å². The van der Waals surface area contributed by atoms with E-state index in [4.69, 9.17) is 0 Å². The van der Waals surface area contributed by atoms with Gasteiger partial charge in [-0.05, 0) is 13.0 Å². The number of allylic oxidation sites excluding steroid dienone is 4. The molecule has 1 atom stereocenters. The molecule has 10 heavy (non-hydrogen) atoms. The minimum Gasteiger partial charge on any atom is -0.232 e. The summed E-state index contributed by atoms with van der Waals surface area (Å²) in [6.07, 6.45) is 3.00. The number of hydrogen-bond donors (Lipinski definition) is 0. The van der Waals surface area contributed by atoms with Crippen molar-refractivity contribution in [2.45, 2.75) is 12.6 Å². The Balaban J connectivity index is 2.97. The third kappa shape index (κ3) is 1.08. The Morgan fingerprint density at radius 1 is 1.40 bits per heavy atom. The Bertz CT molecular complexity index is 201. The fourth-order valence-electron chi connectivity index (χ4n) is 0.693. The van der Waals surface area contributed by atoms with Crippen LogP contribution in [0, 0.1) is 6.42 Å². The number of halogens is 3. The molecule has 3 heteroatoms. The number of hydrogen-bond acceptors (Lipinski definition) is 0. The second-order valence-corrected chi connectivity index (χ2v) is 2.26. The van der Waals surface area contributed by atoms with Crippen molar-refractivity contribution in [2.24, 2.45) is 0 Å². The van der Waals surface area contributed by atoms with Crippen molar-refractivity contribution in [3.05, 3.63) is 30.2 Å². The summed E-state index contributed by atoms with van der Waals surface area (Å²) in [6.45, 7) is 0.964. The van der Waals surface area contributed by atoms with Gasteiger partial charge in [0.2, 0.25) is 0 Å². The van der Waals surface area contributed by atoms with E-state index >= 15 is 0 Å². The minimum absolute atomic E-state index is 0.886. The zero-order valence-corrected chi connectivity index (χ0v) is 5.37. The van der Waals surface area contributed by atoms with Gasteiger partial charge in [0.25, 0.3) is 0 Å². The van der Waals surface area contributed by atoms with Crippen LogP contribution in [0.1, 0.15) is 6.92 Å². The summed E-state index contributed by atoms with van der Waals surface area (Å²) in [6, 6.07) is 0. The summed E-state index contributed by atoms with van der Waals surface area (Å²) in [5.41, 5.74) is -2.27. The lowest BCUT2D eigenvalue weighted by molar-refractivity contribution is 0.246. The van der Waals surface area contributed by atoms with Gasteiger partial charge in [0.05, 0.1) is 0 Å². The molecule has 0 aromatic heterocycles. The van der Waals surface area contributed by atoms with E-state index in [2.05, 4.69) is 0 Å². The van der Waals surface area contributed by atoms with Gasteiger partial charge >= 0.3 is 0 Å². The summed E-state index contributed by atoms with van der Waals surface area (Å²) in [5.74, 6) is -2.48. The van der Waals surface area contributed by atoms with Gasteiger partial charge < -0.3 is 0 Å². The molecule has 0 amide bonds. The van der Waals surface area contributed by atoms with Crippen LogP contribution in [0.3, 0.4) is 0 Å². The Labute approximate surface area is 57.0 Å². The van der Waals surface area contributed by atoms with Gasteiger partial charge in [-0.25, -0.2) is 13.2 Å². The lowest BCUT2D eigenvalue weighted by Crippen LogP contribution is -2.18. The van der Waals surface area contributed by atoms with E-state index < -0.39 is 17.3 Å². The molecule has 55 valence electrons. The van der Waals surface area contributed by atoms with Gasteiger partial charge in [-0.2, -0.15) is 0 Å². The molecule has 1 aliphatic carbocycles. The molecule has 0 spiro atoms. The monoisotopic (exact) mass is 147 g/mol. The van der Waals surface area contributed by atoms with Crippen molar-refractivity contribution in [2.75, 3.05) is 0 Å². The first-order valence-electron chi connectivity index (χ1n) is 2.81. The first-order chi connectivity index (χ1) is 4.54. The van der Waals surface area contributed by atoms with Crippen molar-refractivity contribution >= 4 is 0 Å². The molecule has 1 aliphatic rings. The topological polar surface area (TPSA) is 0 Å². The summed E-state index contributed by atoms with van der Waals surface area (Å²) in [5, 5.41) is 0. The molecule has 0 N–H and O–H groups in total. The predicted octanol–water partition coefficient (Wildman–Crippen LogP) is 2.64. The van der Waals surface area contributed by atoms with Crippen molar-refractivity contribution < 1.29 is 13.2 Å². The average Bonchev–Trinajstić information content (AvgIpc) is 1.83. The van der Waals surface area contributed by atoms with Gasteiger partial charge in [-0.15, -0.1) is 0 Å². The minimum atomic E-state index is -2.27. The summed E-state index contributed by atoms with van der Waals surface area (Å²) in [7, 11) is 0. The van der Waals surface area contributed by atoms with Crippen LogP contribution >= 0.6 is 0 Å². The molecule has 0 fully saturated rings. The van der Waals surface area contributed by atoms with Crippen molar-refractivity contribution in [1.29, 1.82) is 0 Å². The van der Waals surface area contributed by atoms with Crippen molar-refractivity contribution in [1.82, 2.24) is 0 Å². The third-order valence-electron chi connectivity index (χ3n) is 1.29. The van der Waals surface area contributed by atoms with Crippen LogP contribution in [0.5, 0.6) is 0 Å². The van der Waals surface area contributed by atoms with Crippen molar-refractivity contribution in [3.8, 4) is 0 Å². The van der Waals surface area contributed by atoms with Crippen LogP contribution < -0.4 is 0 Å². The largest absolute Gasteiger partial charge is 0.232 e. The molecule has 1 rings (SSSR count). The van der Waals surface area contributed by atoms with E-state index in [1.807, 2.05) is 0 Å². The second-order valence-electron chi connectivity index (χ2n) is 2.26.